The third-order valence-electron chi connectivity index (χ3n) is 4.53. The Hall–Kier alpha value is -1.65. The molecular formula is C17H20N2O2. The molecule has 4 nitrogen and oxygen atoms in total. The van der Waals surface area contributed by atoms with Crippen LogP contribution >= 0.6 is 0 Å². The van der Waals surface area contributed by atoms with Crippen molar-refractivity contribution in [3.05, 3.63) is 36.0 Å². The van der Waals surface area contributed by atoms with Gasteiger partial charge in [-0.05, 0) is 25.1 Å². The lowest BCUT2D eigenvalue weighted by molar-refractivity contribution is -0.0578. The molecule has 1 aromatic heterocycles. The standard InChI is InChI=1S/C17H20N2O2/c1-13-2-3-15-14(10-13)16(4-6-18-15)19-7-9-21-17(11-19)5-8-20-12-17/h2-4,6,10H,5,7-9,11-12H2,1H3. The number of benzene rings is 1. The Morgan fingerprint density at radius 1 is 1.24 bits per heavy atom. The maximum absolute atomic E-state index is 6.03. The van der Waals surface area contributed by atoms with Gasteiger partial charge in [-0.15, -0.1) is 0 Å². The molecule has 1 atom stereocenters. The fraction of sp³-hybridized carbons (Fsp3) is 0.471. The molecule has 4 rings (SSSR count). The SMILES string of the molecule is Cc1ccc2nccc(N3CCOC4(CCOC4)C3)c2c1. The lowest BCUT2D eigenvalue weighted by Gasteiger charge is -2.41. The summed E-state index contributed by atoms with van der Waals surface area (Å²) >= 11 is 0. The van der Waals surface area contributed by atoms with Crippen molar-refractivity contribution >= 4 is 16.6 Å². The minimum Gasteiger partial charge on any atom is -0.378 e. The molecule has 0 amide bonds. The van der Waals surface area contributed by atoms with E-state index in [0.29, 0.717) is 6.61 Å². The van der Waals surface area contributed by atoms with Crippen molar-refractivity contribution in [2.45, 2.75) is 18.9 Å². The Morgan fingerprint density at radius 3 is 3.05 bits per heavy atom. The van der Waals surface area contributed by atoms with Gasteiger partial charge in [-0.2, -0.15) is 0 Å². The maximum atomic E-state index is 6.03. The molecule has 2 aliphatic heterocycles. The van der Waals surface area contributed by atoms with Gasteiger partial charge in [0.25, 0.3) is 0 Å². The molecule has 0 radical (unpaired) electrons. The van der Waals surface area contributed by atoms with Crippen LogP contribution in [-0.4, -0.2) is 43.5 Å². The highest BCUT2D eigenvalue weighted by Crippen LogP contribution is 2.33. The van der Waals surface area contributed by atoms with Crippen LogP contribution < -0.4 is 4.90 Å². The van der Waals surface area contributed by atoms with Gasteiger partial charge in [0.05, 0.1) is 18.7 Å². The molecule has 110 valence electrons. The maximum Gasteiger partial charge on any atom is 0.111 e. The Balaban J connectivity index is 1.74. The number of nitrogens with zero attached hydrogens (tertiary/aromatic N) is 2. The zero-order valence-corrected chi connectivity index (χ0v) is 12.3. The van der Waals surface area contributed by atoms with E-state index >= 15 is 0 Å². The molecule has 21 heavy (non-hydrogen) atoms. The Labute approximate surface area is 124 Å². The van der Waals surface area contributed by atoms with E-state index in [1.54, 1.807) is 0 Å². The molecule has 0 bridgehead atoms. The topological polar surface area (TPSA) is 34.6 Å². The van der Waals surface area contributed by atoms with Gasteiger partial charge in [0, 0.05) is 43.4 Å². The van der Waals surface area contributed by atoms with Gasteiger partial charge >= 0.3 is 0 Å². The minimum absolute atomic E-state index is 0.113. The van der Waals surface area contributed by atoms with E-state index in [9.17, 15) is 0 Å². The van der Waals surface area contributed by atoms with Crippen molar-refractivity contribution in [2.24, 2.45) is 0 Å². The van der Waals surface area contributed by atoms with Crippen LogP contribution in [0, 0.1) is 6.92 Å². The average molecular weight is 284 g/mol. The molecular weight excluding hydrogens is 264 g/mol. The highest BCUT2D eigenvalue weighted by Gasteiger charge is 2.40. The zero-order chi connectivity index (χ0) is 14.3. The summed E-state index contributed by atoms with van der Waals surface area (Å²) in [6, 6.07) is 8.56. The molecule has 2 aliphatic rings. The van der Waals surface area contributed by atoms with Crippen LogP contribution in [0.3, 0.4) is 0 Å². The summed E-state index contributed by atoms with van der Waals surface area (Å²) in [7, 11) is 0. The first kappa shape index (κ1) is 13.0. The number of hydrogen-bond acceptors (Lipinski definition) is 4. The number of aromatic nitrogens is 1. The van der Waals surface area contributed by atoms with Crippen LogP contribution in [0.15, 0.2) is 30.5 Å². The smallest absolute Gasteiger partial charge is 0.111 e. The van der Waals surface area contributed by atoms with Crippen LogP contribution in [0.2, 0.25) is 0 Å². The van der Waals surface area contributed by atoms with Crippen molar-refractivity contribution in [3.63, 3.8) is 0 Å². The molecule has 2 fully saturated rings. The Kier molecular flexibility index (Phi) is 3.08. The first-order valence-electron chi connectivity index (χ1n) is 7.58. The number of pyridine rings is 1. The highest BCUT2D eigenvalue weighted by atomic mass is 16.6. The Morgan fingerprint density at radius 2 is 2.19 bits per heavy atom. The molecule has 4 heteroatoms. The summed E-state index contributed by atoms with van der Waals surface area (Å²) in [5.41, 5.74) is 3.47. The van der Waals surface area contributed by atoms with Crippen LogP contribution in [0.5, 0.6) is 0 Å². The summed E-state index contributed by atoms with van der Waals surface area (Å²) in [5, 5.41) is 1.23. The fourth-order valence-corrected chi connectivity index (χ4v) is 3.40. The molecule has 0 aliphatic carbocycles. The van der Waals surface area contributed by atoms with Gasteiger partial charge in [-0.25, -0.2) is 0 Å². The summed E-state index contributed by atoms with van der Waals surface area (Å²) < 4.78 is 11.6. The van der Waals surface area contributed by atoms with E-state index in [0.717, 1.165) is 38.2 Å². The lowest BCUT2D eigenvalue weighted by atomic mass is 9.99. The molecule has 1 unspecified atom stereocenters. The summed E-state index contributed by atoms with van der Waals surface area (Å²) in [5.74, 6) is 0. The van der Waals surface area contributed by atoms with Gasteiger partial charge in [0.2, 0.25) is 0 Å². The third-order valence-corrected chi connectivity index (χ3v) is 4.53. The van der Waals surface area contributed by atoms with Gasteiger partial charge in [-0.1, -0.05) is 11.6 Å². The molecule has 2 saturated heterocycles. The van der Waals surface area contributed by atoms with E-state index in [1.165, 1.54) is 16.6 Å². The van der Waals surface area contributed by atoms with E-state index < -0.39 is 0 Å². The summed E-state index contributed by atoms with van der Waals surface area (Å²) in [4.78, 5) is 6.92. The van der Waals surface area contributed by atoms with Crippen LogP contribution in [0.1, 0.15) is 12.0 Å². The van der Waals surface area contributed by atoms with Crippen molar-refractivity contribution in [3.8, 4) is 0 Å². The van der Waals surface area contributed by atoms with E-state index in [2.05, 4.69) is 41.1 Å². The first-order valence-corrected chi connectivity index (χ1v) is 7.58. The van der Waals surface area contributed by atoms with Crippen LogP contribution in [-0.2, 0) is 9.47 Å². The lowest BCUT2D eigenvalue weighted by Crippen LogP contribution is -2.52. The molecule has 1 aromatic carbocycles. The quantitative estimate of drug-likeness (QED) is 0.806. The number of morpholine rings is 1. The van der Waals surface area contributed by atoms with Crippen LogP contribution in [0.25, 0.3) is 10.9 Å². The predicted octanol–water partition coefficient (Wildman–Crippen LogP) is 2.54. The zero-order valence-electron chi connectivity index (χ0n) is 12.3. The molecule has 0 saturated carbocycles. The number of rotatable bonds is 1. The average Bonchev–Trinajstić information content (AvgIpc) is 2.94. The van der Waals surface area contributed by atoms with Crippen molar-refractivity contribution in [1.82, 2.24) is 4.98 Å². The second-order valence-corrected chi connectivity index (χ2v) is 6.11. The first-order chi connectivity index (χ1) is 10.3. The molecule has 0 N–H and O–H groups in total. The van der Waals surface area contributed by atoms with Gasteiger partial charge < -0.3 is 14.4 Å². The van der Waals surface area contributed by atoms with Gasteiger partial charge in [0.1, 0.15) is 5.60 Å². The predicted molar refractivity (Wildman–Crippen MR) is 82.8 cm³/mol. The third kappa shape index (κ3) is 2.28. The number of ether oxygens (including phenoxy) is 2. The normalized spacial score (nSPS) is 25.9. The molecule has 1 spiro atoms. The number of anilines is 1. The largest absolute Gasteiger partial charge is 0.378 e. The second-order valence-electron chi connectivity index (χ2n) is 6.11. The van der Waals surface area contributed by atoms with Crippen molar-refractivity contribution in [2.75, 3.05) is 37.8 Å². The number of aryl methyl sites for hydroxylation is 1. The molecule has 3 heterocycles. The van der Waals surface area contributed by atoms with Crippen molar-refractivity contribution < 1.29 is 9.47 Å². The number of fused-ring (bicyclic) bond motifs is 1. The van der Waals surface area contributed by atoms with Gasteiger partial charge in [0.15, 0.2) is 0 Å². The van der Waals surface area contributed by atoms with Crippen molar-refractivity contribution in [1.29, 1.82) is 0 Å². The Bertz CT molecular complexity index is 665. The monoisotopic (exact) mass is 284 g/mol. The minimum atomic E-state index is -0.113. The fourth-order valence-electron chi connectivity index (χ4n) is 3.40. The van der Waals surface area contributed by atoms with Crippen LogP contribution in [0.4, 0.5) is 5.69 Å². The van der Waals surface area contributed by atoms with E-state index in [1.807, 2.05) is 6.20 Å². The van der Waals surface area contributed by atoms with Gasteiger partial charge in [-0.3, -0.25) is 4.98 Å². The number of hydrogen-bond donors (Lipinski definition) is 0. The summed E-state index contributed by atoms with van der Waals surface area (Å²) in [6.07, 6.45) is 2.89. The second kappa shape index (κ2) is 4.97. The van der Waals surface area contributed by atoms with E-state index in [4.69, 9.17) is 9.47 Å². The summed E-state index contributed by atoms with van der Waals surface area (Å²) in [6.45, 7) is 6.24. The molecule has 2 aromatic rings. The highest BCUT2D eigenvalue weighted by molar-refractivity contribution is 5.92. The van der Waals surface area contributed by atoms with E-state index in [-0.39, 0.29) is 5.60 Å².